The Hall–Kier alpha value is 0.310. The minimum atomic E-state index is -3.12. The maximum Gasteiger partial charge on any atom is 0.211 e. The standard InChI is InChI=1S/C5H10INO3S/c1-7-11(9,10)4-2-3-5(6)8/h7H,2-4H2,1H3. The molecule has 0 saturated carbocycles. The molecule has 0 atom stereocenters. The van der Waals surface area contributed by atoms with E-state index in [4.69, 9.17) is 0 Å². The number of carbonyl (C=O) groups is 1. The van der Waals surface area contributed by atoms with Crippen LogP contribution >= 0.6 is 22.6 Å². The molecular weight excluding hydrogens is 281 g/mol. The molecule has 0 amide bonds. The van der Waals surface area contributed by atoms with Crippen molar-refractivity contribution in [3.63, 3.8) is 0 Å². The average molecular weight is 291 g/mol. The number of rotatable bonds is 5. The third kappa shape index (κ3) is 6.70. The van der Waals surface area contributed by atoms with Gasteiger partial charge in [-0.3, -0.25) is 4.79 Å². The van der Waals surface area contributed by atoms with E-state index in [0.29, 0.717) is 12.8 Å². The third-order valence-electron chi connectivity index (χ3n) is 1.10. The zero-order chi connectivity index (χ0) is 8.91. The van der Waals surface area contributed by atoms with Gasteiger partial charge < -0.3 is 0 Å². The first-order chi connectivity index (χ1) is 4.98. The van der Waals surface area contributed by atoms with Gasteiger partial charge in [0.2, 0.25) is 10.0 Å². The first-order valence-corrected chi connectivity index (χ1v) is 5.80. The Balaban J connectivity index is 3.63. The summed E-state index contributed by atoms with van der Waals surface area (Å²) in [4.78, 5) is 10.4. The molecule has 0 radical (unpaired) electrons. The van der Waals surface area contributed by atoms with Crippen molar-refractivity contribution in [1.29, 1.82) is 0 Å². The number of sulfonamides is 1. The third-order valence-corrected chi connectivity index (χ3v) is 3.08. The smallest absolute Gasteiger partial charge is 0.211 e. The summed E-state index contributed by atoms with van der Waals surface area (Å²) in [6.07, 6.45) is 0.715. The second-order valence-electron chi connectivity index (χ2n) is 1.98. The minimum absolute atomic E-state index is 0.00565. The fourth-order valence-electron chi connectivity index (χ4n) is 0.503. The van der Waals surface area contributed by atoms with E-state index in [1.54, 1.807) is 22.6 Å². The van der Waals surface area contributed by atoms with Crippen LogP contribution < -0.4 is 4.72 Å². The summed E-state index contributed by atoms with van der Waals surface area (Å²) in [5.74, 6) is 0.0260. The van der Waals surface area contributed by atoms with E-state index >= 15 is 0 Å². The molecular formula is C5H10INO3S. The van der Waals surface area contributed by atoms with Crippen molar-refractivity contribution in [3.05, 3.63) is 0 Å². The highest BCUT2D eigenvalue weighted by Crippen LogP contribution is 1.99. The van der Waals surface area contributed by atoms with Crippen LogP contribution in [0.4, 0.5) is 0 Å². The van der Waals surface area contributed by atoms with Crippen molar-refractivity contribution < 1.29 is 13.2 Å². The quantitative estimate of drug-likeness (QED) is 0.584. The van der Waals surface area contributed by atoms with E-state index in [9.17, 15) is 13.2 Å². The van der Waals surface area contributed by atoms with Crippen molar-refractivity contribution in [3.8, 4) is 0 Å². The fraction of sp³-hybridized carbons (Fsp3) is 0.800. The van der Waals surface area contributed by atoms with Crippen LogP contribution in [0.2, 0.25) is 0 Å². The topological polar surface area (TPSA) is 63.2 Å². The number of nitrogens with one attached hydrogen (secondary N) is 1. The number of hydrogen-bond donors (Lipinski definition) is 1. The SMILES string of the molecule is CNS(=O)(=O)CCCC(=O)I. The Morgan fingerprint density at radius 2 is 2.09 bits per heavy atom. The number of hydrogen-bond acceptors (Lipinski definition) is 3. The van der Waals surface area contributed by atoms with E-state index in [0.717, 1.165) is 0 Å². The van der Waals surface area contributed by atoms with E-state index < -0.39 is 10.0 Å². The summed E-state index contributed by atoms with van der Waals surface area (Å²) in [5, 5.41) is 0. The monoisotopic (exact) mass is 291 g/mol. The Morgan fingerprint density at radius 3 is 2.45 bits per heavy atom. The predicted molar refractivity (Wildman–Crippen MR) is 51.1 cm³/mol. The molecule has 0 aliphatic rings. The van der Waals surface area contributed by atoms with Crippen LogP contribution in [0.5, 0.6) is 0 Å². The Morgan fingerprint density at radius 1 is 1.55 bits per heavy atom. The average Bonchev–Trinajstić information content (AvgIpc) is 1.87. The van der Waals surface area contributed by atoms with E-state index in [1.165, 1.54) is 7.05 Å². The highest BCUT2D eigenvalue weighted by Gasteiger charge is 2.06. The van der Waals surface area contributed by atoms with Crippen molar-refractivity contribution >= 4 is 36.4 Å². The molecule has 6 heteroatoms. The molecule has 0 bridgehead atoms. The second kappa shape index (κ2) is 5.04. The van der Waals surface area contributed by atoms with E-state index in [-0.39, 0.29) is 9.54 Å². The molecule has 0 aromatic carbocycles. The lowest BCUT2D eigenvalue weighted by atomic mass is 10.4. The van der Waals surface area contributed by atoms with Gasteiger partial charge in [0, 0.05) is 6.42 Å². The van der Waals surface area contributed by atoms with Gasteiger partial charge in [0.15, 0.2) is 3.79 Å². The Labute approximate surface area is 79.9 Å². The predicted octanol–water partition coefficient (Wildman–Crippen LogP) is 0.277. The largest absolute Gasteiger partial charge is 0.288 e. The molecule has 0 saturated heterocycles. The van der Waals surface area contributed by atoms with Crippen LogP contribution in [0, 0.1) is 0 Å². The first kappa shape index (κ1) is 11.3. The molecule has 0 rings (SSSR count). The molecule has 0 aliphatic heterocycles. The van der Waals surface area contributed by atoms with E-state index in [1.807, 2.05) is 0 Å². The summed E-state index contributed by atoms with van der Waals surface area (Å²) in [6.45, 7) is 0. The van der Waals surface area contributed by atoms with Gasteiger partial charge in [-0.05, 0) is 36.1 Å². The van der Waals surface area contributed by atoms with Crippen LogP contribution in [0.15, 0.2) is 0 Å². The number of carbonyl (C=O) groups excluding carboxylic acids is 1. The van der Waals surface area contributed by atoms with Gasteiger partial charge in [0.05, 0.1) is 5.75 Å². The molecule has 1 N–H and O–H groups in total. The maximum absolute atomic E-state index is 10.8. The highest BCUT2D eigenvalue weighted by atomic mass is 127. The Kier molecular flexibility index (Phi) is 5.19. The summed E-state index contributed by atoms with van der Waals surface area (Å²) >= 11 is 1.65. The van der Waals surface area contributed by atoms with Crippen molar-refractivity contribution in [2.24, 2.45) is 0 Å². The number of halogens is 1. The molecule has 0 unspecified atom stereocenters. The van der Waals surface area contributed by atoms with Crippen LogP contribution in [0.1, 0.15) is 12.8 Å². The van der Waals surface area contributed by atoms with Crippen LogP contribution in [0.3, 0.4) is 0 Å². The van der Waals surface area contributed by atoms with Gasteiger partial charge in [0.25, 0.3) is 0 Å². The molecule has 11 heavy (non-hydrogen) atoms. The summed E-state index contributed by atoms with van der Waals surface area (Å²) < 4.78 is 23.7. The van der Waals surface area contributed by atoms with Gasteiger partial charge in [-0.25, -0.2) is 13.1 Å². The normalized spacial score (nSPS) is 11.5. The van der Waals surface area contributed by atoms with Crippen LogP contribution in [0.25, 0.3) is 0 Å². The lowest BCUT2D eigenvalue weighted by Crippen LogP contribution is -2.22. The molecule has 0 aromatic rings. The molecule has 0 spiro atoms. The zero-order valence-corrected chi connectivity index (χ0v) is 9.11. The molecule has 0 heterocycles. The van der Waals surface area contributed by atoms with Crippen molar-refractivity contribution in [1.82, 2.24) is 4.72 Å². The van der Waals surface area contributed by atoms with Gasteiger partial charge in [-0.2, -0.15) is 0 Å². The molecule has 4 nitrogen and oxygen atoms in total. The lowest BCUT2D eigenvalue weighted by Gasteiger charge is -1.98. The van der Waals surface area contributed by atoms with Gasteiger partial charge in [0.1, 0.15) is 0 Å². The second-order valence-corrected chi connectivity index (χ2v) is 5.23. The van der Waals surface area contributed by atoms with Crippen molar-refractivity contribution in [2.75, 3.05) is 12.8 Å². The first-order valence-electron chi connectivity index (χ1n) is 3.07. The molecule has 0 aliphatic carbocycles. The van der Waals surface area contributed by atoms with Gasteiger partial charge >= 0.3 is 0 Å². The summed E-state index contributed by atoms with van der Waals surface area (Å²) in [5.41, 5.74) is 0. The maximum atomic E-state index is 10.8. The van der Waals surface area contributed by atoms with Crippen LogP contribution in [-0.2, 0) is 14.8 Å². The fourth-order valence-corrected chi connectivity index (χ4v) is 1.61. The Bertz CT molecular complexity index is 224. The van der Waals surface area contributed by atoms with Crippen molar-refractivity contribution in [2.45, 2.75) is 12.8 Å². The zero-order valence-electron chi connectivity index (χ0n) is 6.13. The lowest BCUT2D eigenvalue weighted by molar-refractivity contribution is -0.109. The van der Waals surface area contributed by atoms with Gasteiger partial charge in [-0.15, -0.1) is 0 Å². The molecule has 66 valence electrons. The van der Waals surface area contributed by atoms with Crippen LogP contribution in [-0.4, -0.2) is 25.0 Å². The molecule has 0 aromatic heterocycles. The minimum Gasteiger partial charge on any atom is -0.288 e. The van der Waals surface area contributed by atoms with Gasteiger partial charge in [-0.1, -0.05) is 0 Å². The molecule has 0 fully saturated rings. The summed E-state index contributed by atoms with van der Waals surface area (Å²) in [7, 11) is -1.76. The van der Waals surface area contributed by atoms with E-state index in [2.05, 4.69) is 4.72 Å². The summed E-state index contributed by atoms with van der Waals surface area (Å²) in [6, 6.07) is 0. The highest BCUT2D eigenvalue weighted by molar-refractivity contribution is 14.1.